The molecule has 0 fully saturated rings. The van der Waals surface area contributed by atoms with Crippen molar-refractivity contribution in [1.82, 2.24) is 4.90 Å². The van der Waals surface area contributed by atoms with Crippen LogP contribution in [0.15, 0.2) is 39.4 Å². The number of hydrogen-bond acceptors (Lipinski definition) is 4. The third-order valence-corrected chi connectivity index (χ3v) is 3.25. The lowest BCUT2D eigenvalue weighted by Gasteiger charge is -2.17. The van der Waals surface area contributed by atoms with Crippen LogP contribution >= 0.6 is 15.9 Å². The summed E-state index contributed by atoms with van der Waals surface area (Å²) in [6.45, 7) is 0.363. The van der Waals surface area contributed by atoms with Crippen LogP contribution in [-0.4, -0.2) is 25.0 Å². The van der Waals surface area contributed by atoms with E-state index in [1.165, 1.54) is 7.11 Å². The summed E-state index contributed by atoms with van der Waals surface area (Å²) in [6.07, 6.45) is 0. The number of nitrogens with zero attached hydrogens (tertiary/aromatic N) is 1. The average Bonchev–Trinajstić information content (AvgIpc) is 2.83. The van der Waals surface area contributed by atoms with Gasteiger partial charge in [0, 0.05) is 12.7 Å². The van der Waals surface area contributed by atoms with Crippen LogP contribution in [0, 0.1) is 0 Å². The van der Waals surface area contributed by atoms with Gasteiger partial charge in [-0.1, -0.05) is 0 Å². The van der Waals surface area contributed by atoms with Crippen LogP contribution in [-0.2, 0) is 6.54 Å². The minimum absolute atomic E-state index is 0.179. The van der Waals surface area contributed by atoms with Crippen molar-refractivity contribution in [2.45, 2.75) is 6.54 Å². The molecule has 2 N–H and O–H groups in total. The molecule has 0 aliphatic carbocycles. The molecule has 0 saturated carbocycles. The number of nitrogen functional groups attached to an aromatic ring is 1. The quantitative estimate of drug-likeness (QED) is 0.870. The second-order valence-corrected chi connectivity index (χ2v) is 5.11. The maximum absolute atomic E-state index is 12.4. The van der Waals surface area contributed by atoms with Crippen LogP contribution in [0.25, 0.3) is 0 Å². The van der Waals surface area contributed by atoms with Crippen molar-refractivity contribution in [3.8, 4) is 5.75 Å². The van der Waals surface area contributed by atoms with Crippen LogP contribution < -0.4 is 10.5 Å². The number of hydrogen-bond donors (Lipinski definition) is 1. The monoisotopic (exact) mass is 338 g/mol. The van der Waals surface area contributed by atoms with Crippen molar-refractivity contribution in [3.63, 3.8) is 0 Å². The van der Waals surface area contributed by atoms with Crippen molar-refractivity contribution in [1.29, 1.82) is 0 Å². The summed E-state index contributed by atoms with van der Waals surface area (Å²) in [4.78, 5) is 14.0. The Labute approximate surface area is 125 Å². The van der Waals surface area contributed by atoms with Crippen molar-refractivity contribution >= 4 is 27.5 Å². The number of furan rings is 1. The van der Waals surface area contributed by atoms with Gasteiger partial charge in [0.2, 0.25) is 0 Å². The van der Waals surface area contributed by atoms with Gasteiger partial charge in [-0.2, -0.15) is 0 Å². The highest BCUT2D eigenvalue weighted by molar-refractivity contribution is 9.10. The number of rotatable bonds is 4. The molecule has 1 amide bonds. The molecule has 106 valence electrons. The molecule has 0 spiro atoms. The van der Waals surface area contributed by atoms with E-state index < -0.39 is 0 Å². The van der Waals surface area contributed by atoms with Gasteiger partial charge < -0.3 is 19.8 Å². The van der Waals surface area contributed by atoms with E-state index in [0.29, 0.717) is 34.0 Å². The van der Waals surface area contributed by atoms with E-state index in [1.807, 2.05) is 6.07 Å². The van der Waals surface area contributed by atoms with Crippen molar-refractivity contribution in [3.05, 3.63) is 46.3 Å². The van der Waals surface area contributed by atoms with Gasteiger partial charge in [-0.25, -0.2) is 0 Å². The number of halogens is 1. The molecule has 6 heteroatoms. The van der Waals surface area contributed by atoms with Gasteiger partial charge in [-0.05, 0) is 46.3 Å². The number of nitrogens with two attached hydrogens (primary N) is 1. The van der Waals surface area contributed by atoms with Gasteiger partial charge in [0.25, 0.3) is 5.91 Å². The smallest absolute Gasteiger partial charge is 0.257 e. The van der Waals surface area contributed by atoms with Gasteiger partial charge in [-0.15, -0.1) is 0 Å². The molecule has 0 aliphatic rings. The molecule has 5 nitrogen and oxygen atoms in total. The second-order valence-electron chi connectivity index (χ2n) is 4.33. The molecule has 1 aromatic carbocycles. The number of carbonyl (C=O) groups is 1. The van der Waals surface area contributed by atoms with Crippen LogP contribution in [0.1, 0.15) is 16.1 Å². The summed E-state index contributed by atoms with van der Waals surface area (Å²) in [5.41, 5.74) is 6.67. The predicted octanol–water partition coefficient (Wildman–Crippen LogP) is 2.91. The number of anilines is 1. The fraction of sp³-hybridized carbons (Fsp3) is 0.214. The number of ether oxygens (including phenoxy) is 1. The zero-order valence-corrected chi connectivity index (χ0v) is 12.8. The SMILES string of the molecule is COc1ccc(N)cc1C(=O)N(C)Cc1ccc(Br)o1. The summed E-state index contributed by atoms with van der Waals surface area (Å²) < 4.78 is 11.2. The Bertz CT molecular complexity index is 625. The number of amides is 1. The van der Waals surface area contributed by atoms with E-state index >= 15 is 0 Å². The molecule has 1 heterocycles. The van der Waals surface area contributed by atoms with Crippen molar-refractivity contribution in [2.24, 2.45) is 0 Å². The van der Waals surface area contributed by atoms with E-state index in [1.54, 1.807) is 36.2 Å². The molecule has 0 radical (unpaired) electrons. The van der Waals surface area contributed by atoms with Crippen LogP contribution in [0.4, 0.5) is 5.69 Å². The topological polar surface area (TPSA) is 68.7 Å². The van der Waals surface area contributed by atoms with E-state index in [9.17, 15) is 4.79 Å². The second kappa shape index (κ2) is 6.00. The minimum Gasteiger partial charge on any atom is -0.496 e. The molecule has 2 aromatic rings. The third-order valence-electron chi connectivity index (χ3n) is 2.82. The van der Waals surface area contributed by atoms with Gasteiger partial charge in [-0.3, -0.25) is 4.79 Å². The fourth-order valence-electron chi connectivity index (χ4n) is 1.84. The molecule has 1 aromatic heterocycles. The van der Waals surface area contributed by atoms with Crippen LogP contribution in [0.5, 0.6) is 5.75 Å². The third kappa shape index (κ3) is 3.14. The maximum Gasteiger partial charge on any atom is 0.257 e. The van der Waals surface area contributed by atoms with Gasteiger partial charge in [0.1, 0.15) is 11.5 Å². The zero-order valence-electron chi connectivity index (χ0n) is 11.2. The maximum atomic E-state index is 12.4. The standard InChI is InChI=1S/C14H15BrN2O3/c1-17(8-10-4-6-13(15)20-10)14(18)11-7-9(16)3-5-12(11)19-2/h3-7H,8,16H2,1-2H3. The van der Waals surface area contributed by atoms with Gasteiger partial charge >= 0.3 is 0 Å². The van der Waals surface area contributed by atoms with E-state index in [4.69, 9.17) is 14.9 Å². The largest absolute Gasteiger partial charge is 0.496 e. The Morgan fingerprint density at radius 3 is 2.75 bits per heavy atom. The Kier molecular flexibility index (Phi) is 4.34. The number of benzene rings is 1. The van der Waals surface area contributed by atoms with E-state index in [2.05, 4.69) is 15.9 Å². The molecule has 0 saturated heterocycles. The highest BCUT2D eigenvalue weighted by atomic mass is 79.9. The molecule has 2 rings (SSSR count). The van der Waals surface area contributed by atoms with Gasteiger partial charge in [0.05, 0.1) is 19.2 Å². The van der Waals surface area contributed by atoms with E-state index in [-0.39, 0.29) is 5.91 Å². The normalized spacial score (nSPS) is 10.3. The van der Waals surface area contributed by atoms with Crippen LogP contribution in [0.2, 0.25) is 0 Å². The molecule has 0 aliphatic heterocycles. The van der Waals surface area contributed by atoms with E-state index in [0.717, 1.165) is 0 Å². The lowest BCUT2D eigenvalue weighted by molar-refractivity contribution is 0.0771. The Hall–Kier alpha value is -1.95. The van der Waals surface area contributed by atoms with Crippen molar-refractivity contribution < 1.29 is 13.9 Å². The summed E-state index contributed by atoms with van der Waals surface area (Å²) in [5, 5.41) is 0. The molecule has 0 atom stereocenters. The molecule has 0 bridgehead atoms. The zero-order chi connectivity index (χ0) is 14.7. The first-order chi connectivity index (χ1) is 9.51. The van der Waals surface area contributed by atoms with Crippen molar-refractivity contribution in [2.75, 3.05) is 19.9 Å². The first-order valence-electron chi connectivity index (χ1n) is 5.94. The van der Waals surface area contributed by atoms with Gasteiger partial charge in [0.15, 0.2) is 4.67 Å². The molecular formula is C14H15BrN2O3. The first-order valence-corrected chi connectivity index (χ1v) is 6.73. The van der Waals surface area contributed by atoms with Crippen LogP contribution in [0.3, 0.4) is 0 Å². The summed E-state index contributed by atoms with van der Waals surface area (Å²) in [5.74, 6) is 1.01. The molecule has 20 heavy (non-hydrogen) atoms. The lowest BCUT2D eigenvalue weighted by atomic mass is 10.1. The highest BCUT2D eigenvalue weighted by Crippen LogP contribution is 2.23. The fourth-order valence-corrected chi connectivity index (χ4v) is 2.18. The molecular weight excluding hydrogens is 324 g/mol. The Morgan fingerprint density at radius 1 is 1.40 bits per heavy atom. The highest BCUT2D eigenvalue weighted by Gasteiger charge is 2.18. The number of methoxy groups -OCH3 is 1. The first kappa shape index (κ1) is 14.5. The molecule has 0 unspecified atom stereocenters. The summed E-state index contributed by atoms with van der Waals surface area (Å²) in [6, 6.07) is 8.58. The Morgan fingerprint density at radius 2 is 2.15 bits per heavy atom. The minimum atomic E-state index is -0.179. The predicted molar refractivity (Wildman–Crippen MR) is 79.6 cm³/mol. The average molecular weight is 339 g/mol. The Balaban J connectivity index is 2.20. The lowest BCUT2D eigenvalue weighted by Crippen LogP contribution is -2.26. The summed E-state index contributed by atoms with van der Waals surface area (Å²) in [7, 11) is 3.22. The summed E-state index contributed by atoms with van der Waals surface area (Å²) >= 11 is 3.23. The number of carbonyl (C=O) groups excluding carboxylic acids is 1.